The minimum absolute atomic E-state index is 0.0490. The lowest BCUT2D eigenvalue weighted by atomic mass is 9.90. The highest BCUT2D eigenvalue weighted by atomic mass is 16.6. The number of piperazine rings is 1. The van der Waals surface area contributed by atoms with Crippen LogP contribution >= 0.6 is 0 Å². The van der Waals surface area contributed by atoms with Crippen LogP contribution in [-0.4, -0.2) is 91.5 Å². The van der Waals surface area contributed by atoms with Crippen LogP contribution in [0.1, 0.15) is 29.5 Å². The largest absolute Gasteiger partial charge is 0.465 e. The fraction of sp³-hybridized carbons (Fsp3) is 0.303. The van der Waals surface area contributed by atoms with E-state index < -0.39 is 24.1 Å². The summed E-state index contributed by atoms with van der Waals surface area (Å²) in [5.74, 6) is -1.55. The first-order valence-electron chi connectivity index (χ1n) is 14.6. The molecule has 0 radical (unpaired) electrons. The number of benzene rings is 3. The number of hydrogen-bond acceptors (Lipinski definition) is 8. The van der Waals surface area contributed by atoms with Gasteiger partial charge in [0.15, 0.2) is 0 Å². The fourth-order valence-corrected chi connectivity index (χ4v) is 5.42. The van der Waals surface area contributed by atoms with Crippen molar-refractivity contribution in [3.8, 4) is 0 Å². The third-order valence-electron chi connectivity index (χ3n) is 7.60. The van der Waals surface area contributed by atoms with Crippen molar-refractivity contribution in [2.75, 3.05) is 50.8 Å². The van der Waals surface area contributed by atoms with Gasteiger partial charge in [-0.3, -0.25) is 29.6 Å². The normalized spacial score (nSPS) is 17.0. The van der Waals surface area contributed by atoms with Gasteiger partial charge in [-0.1, -0.05) is 60.7 Å². The van der Waals surface area contributed by atoms with Crippen molar-refractivity contribution in [1.82, 2.24) is 15.1 Å². The molecule has 1 atom stereocenters. The lowest BCUT2D eigenvalue weighted by molar-refractivity contribution is -0.151. The summed E-state index contributed by atoms with van der Waals surface area (Å²) in [5, 5.41) is 11.3. The maximum Gasteiger partial charge on any atom is 0.414 e. The average molecular weight is 598 g/mol. The predicted octanol–water partition coefficient (Wildman–Crippen LogP) is 2.99. The van der Waals surface area contributed by atoms with Crippen molar-refractivity contribution >= 4 is 35.4 Å². The Morgan fingerprint density at radius 3 is 2.18 bits per heavy atom. The van der Waals surface area contributed by atoms with Crippen LogP contribution in [0.3, 0.4) is 0 Å². The van der Waals surface area contributed by atoms with Gasteiger partial charge in [-0.15, -0.1) is 0 Å². The van der Waals surface area contributed by atoms with Crippen LogP contribution in [-0.2, 0) is 23.9 Å². The van der Waals surface area contributed by atoms with Gasteiger partial charge in [0, 0.05) is 30.9 Å². The summed E-state index contributed by atoms with van der Waals surface area (Å²) >= 11 is 0. The Kier molecular flexibility index (Phi) is 9.65. The molecule has 2 saturated heterocycles. The Hall–Kier alpha value is -5.03. The Morgan fingerprint density at radius 2 is 1.59 bits per heavy atom. The number of cyclic esters (lactones) is 1. The molecule has 2 N–H and O–H groups in total. The predicted molar refractivity (Wildman–Crippen MR) is 163 cm³/mol. The van der Waals surface area contributed by atoms with Crippen molar-refractivity contribution in [1.29, 1.82) is 5.41 Å². The third kappa shape index (κ3) is 7.30. The van der Waals surface area contributed by atoms with Gasteiger partial charge in [0.05, 0.1) is 25.6 Å². The van der Waals surface area contributed by atoms with E-state index in [2.05, 4.69) is 5.32 Å². The summed E-state index contributed by atoms with van der Waals surface area (Å²) in [7, 11) is 0. The van der Waals surface area contributed by atoms with Gasteiger partial charge in [0.1, 0.15) is 18.5 Å². The van der Waals surface area contributed by atoms with E-state index in [1.54, 1.807) is 31.2 Å². The molecule has 1 unspecified atom stereocenters. The van der Waals surface area contributed by atoms with Gasteiger partial charge in [0.2, 0.25) is 11.8 Å². The molecule has 0 bridgehead atoms. The molecule has 0 saturated carbocycles. The Balaban J connectivity index is 1.16. The molecule has 44 heavy (non-hydrogen) atoms. The van der Waals surface area contributed by atoms with E-state index >= 15 is 0 Å². The molecule has 2 heterocycles. The maximum absolute atomic E-state index is 13.4. The number of nitrogens with zero attached hydrogens (tertiary/aromatic N) is 3. The van der Waals surface area contributed by atoms with E-state index in [0.29, 0.717) is 37.4 Å². The van der Waals surface area contributed by atoms with Crippen LogP contribution in [0.15, 0.2) is 84.9 Å². The molecule has 3 aromatic rings. The van der Waals surface area contributed by atoms with Crippen molar-refractivity contribution in [2.24, 2.45) is 0 Å². The number of amidine groups is 1. The van der Waals surface area contributed by atoms with Crippen LogP contribution in [0.5, 0.6) is 0 Å². The van der Waals surface area contributed by atoms with Gasteiger partial charge < -0.3 is 19.7 Å². The highest BCUT2D eigenvalue weighted by Crippen LogP contribution is 2.26. The van der Waals surface area contributed by atoms with Crippen LogP contribution in [0.25, 0.3) is 0 Å². The van der Waals surface area contributed by atoms with E-state index in [1.165, 1.54) is 9.80 Å². The standard InChI is InChI=1S/C33H35N5O6/c1-2-43-29(40)22-37-18-17-36(21-28(37)39)19-27-20-38(33(42)44-27)26-15-13-25(14-16-26)31(34)35-32(41)30(23-9-5-3-6-10-23)24-11-7-4-8-12-24/h3-16,27,30H,2,17-22H2,1H3,(H2,34,35,41). The lowest BCUT2D eigenvalue weighted by Gasteiger charge is -2.34. The molecule has 0 aromatic heterocycles. The molecular formula is C33H35N5O6. The van der Waals surface area contributed by atoms with E-state index in [1.807, 2.05) is 65.6 Å². The zero-order valence-electron chi connectivity index (χ0n) is 24.5. The molecule has 2 fully saturated rings. The first kappa shape index (κ1) is 30.4. The molecule has 2 aliphatic heterocycles. The lowest BCUT2D eigenvalue weighted by Crippen LogP contribution is -2.53. The SMILES string of the molecule is CCOC(=O)CN1CCN(CC2CN(c3ccc(C(=N)NC(=O)C(c4ccccc4)c4ccccc4)cc3)C(=O)O2)CC1=O. The van der Waals surface area contributed by atoms with E-state index in [4.69, 9.17) is 14.9 Å². The van der Waals surface area contributed by atoms with Gasteiger partial charge in [-0.05, 0) is 42.3 Å². The number of rotatable bonds is 10. The summed E-state index contributed by atoms with van der Waals surface area (Å²) < 4.78 is 10.5. The molecular weight excluding hydrogens is 562 g/mol. The zero-order chi connectivity index (χ0) is 31.1. The third-order valence-corrected chi connectivity index (χ3v) is 7.60. The van der Waals surface area contributed by atoms with Crippen molar-refractivity contribution < 1.29 is 28.7 Å². The highest BCUT2D eigenvalue weighted by molar-refractivity contribution is 6.08. The Labute approximate surface area is 255 Å². The number of esters is 1. The maximum atomic E-state index is 13.4. The van der Waals surface area contributed by atoms with Crippen molar-refractivity contribution in [2.45, 2.75) is 18.9 Å². The molecule has 2 aliphatic rings. The number of carbonyl (C=O) groups excluding carboxylic acids is 4. The minimum atomic E-state index is -0.579. The molecule has 3 aromatic carbocycles. The second-order valence-corrected chi connectivity index (χ2v) is 10.6. The van der Waals surface area contributed by atoms with Gasteiger partial charge in [-0.2, -0.15) is 0 Å². The zero-order valence-corrected chi connectivity index (χ0v) is 24.5. The quantitative estimate of drug-likeness (QED) is 0.209. The van der Waals surface area contributed by atoms with Gasteiger partial charge >= 0.3 is 12.1 Å². The molecule has 228 valence electrons. The first-order chi connectivity index (χ1) is 21.3. The van der Waals surface area contributed by atoms with E-state index in [0.717, 1.165) is 11.1 Å². The summed E-state index contributed by atoms with van der Waals surface area (Å²) in [5.41, 5.74) is 2.74. The van der Waals surface area contributed by atoms with Crippen LogP contribution in [0, 0.1) is 5.41 Å². The number of carbonyl (C=O) groups is 4. The molecule has 3 amide bonds. The number of amides is 3. The second kappa shape index (κ2) is 14.0. The Morgan fingerprint density at radius 1 is 0.955 bits per heavy atom. The fourth-order valence-electron chi connectivity index (χ4n) is 5.42. The average Bonchev–Trinajstić information content (AvgIpc) is 3.39. The number of nitrogens with one attached hydrogen (secondary N) is 2. The van der Waals surface area contributed by atoms with E-state index in [9.17, 15) is 19.2 Å². The molecule has 11 nitrogen and oxygen atoms in total. The van der Waals surface area contributed by atoms with E-state index in [-0.39, 0.29) is 37.3 Å². The van der Waals surface area contributed by atoms with Crippen molar-refractivity contribution in [3.63, 3.8) is 0 Å². The molecule has 0 aliphatic carbocycles. The number of anilines is 1. The van der Waals surface area contributed by atoms with Crippen LogP contribution in [0.2, 0.25) is 0 Å². The molecule has 11 heteroatoms. The van der Waals surface area contributed by atoms with Crippen molar-refractivity contribution in [3.05, 3.63) is 102 Å². The number of ether oxygens (including phenoxy) is 2. The Bertz CT molecular complexity index is 1460. The van der Waals surface area contributed by atoms with Crippen LogP contribution in [0.4, 0.5) is 10.5 Å². The molecule has 0 spiro atoms. The monoisotopic (exact) mass is 597 g/mol. The van der Waals surface area contributed by atoms with Gasteiger partial charge in [0.25, 0.3) is 0 Å². The molecule has 5 rings (SSSR count). The summed E-state index contributed by atoms with van der Waals surface area (Å²) in [6, 6.07) is 25.7. The summed E-state index contributed by atoms with van der Waals surface area (Å²) in [6.45, 7) is 3.69. The minimum Gasteiger partial charge on any atom is -0.465 e. The van der Waals surface area contributed by atoms with Gasteiger partial charge in [-0.25, -0.2) is 4.79 Å². The summed E-state index contributed by atoms with van der Waals surface area (Å²) in [4.78, 5) is 55.2. The smallest absolute Gasteiger partial charge is 0.414 e. The highest BCUT2D eigenvalue weighted by Gasteiger charge is 2.35. The summed E-state index contributed by atoms with van der Waals surface area (Å²) in [6.07, 6.45) is -0.927. The first-order valence-corrected chi connectivity index (χ1v) is 14.6. The topological polar surface area (TPSA) is 132 Å². The van der Waals surface area contributed by atoms with Crippen LogP contribution < -0.4 is 10.2 Å². The second-order valence-electron chi connectivity index (χ2n) is 10.6. The number of hydrogen-bond donors (Lipinski definition) is 2.